The van der Waals surface area contributed by atoms with Crippen molar-refractivity contribution in [3.63, 3.8) is 0 Å². The van der Waals surface area contributed by atoms with Crippen LogP contribution in [0.5, 0.6) is 0 Å². The van der Waals surface area contributed by atoms with Crippen molar-refractivity contribution in [3.8, 4) is 0 Å². The molecule has 1 unspecified atom stereocenters. The molecule has 0 radical (unpaired) electrons. The van der Waals surface area contributed by atoms with E-state index in [1.165, 1.54) is 18.1 Å². The molecule has 6 nitrogen and oxygen atoms in total. The van der Waals surface area contributed by atoms with Crippen molar-refractivity contribution in [1.29, 1.82) is 0 Å². The zero-order valence-electron chi connectivity index (χ0n) is 9.72. The molecule has 1 atom stereocenters. The molecule has 1 aliphatic heterocycles. The van der Waals surface area contributed by atoms with E-state index >= 15 is 0 Å². The first-order chi connectivity index (χ1) is 8.83. The topological polar surface area (TPSA) is 83.6 Å². The molecule has 1 saturated heterocycles. The highest BCUT2D eigenvalue weighted by Crippen LogP contribution is 2.26. The smallest absolute Gasteiger partial charge is 0.233 e. The molecular formula is C11H13N5OS. The summed E-state index contributed by atoms with van der Waals surface area (Å²) >= 11 is 1.47. The second kappa shape index (κ2) is 4.93. The van der Waals surface area contributed by atoms with Crippen molar-refractivity contribution in [3.05, 3.63) is 12.5 Å². The third-order valence-corrected chi connectivity index (χ3v) is 4.03. The molecule has 3 heterocycles. The van der Waals surface area contributed by atoms with E-state index < -0.39 is 0 Å². The Morgan fingerprint density at radius 3 is 3.22 bits per heavy atom. The predicted octanol–water partition coefficient (Wildman–Crippen LogP) is 1.11. The van der Waals surface area contributed by atoms with Crippen LogP contribution >= 0.6 is 11.8 Å². The van der Waals surface area contributed by atoms with E-state index in [0.29, 0.717) is 5.65 Å². The van der Waals surface area contributed by atoms with E-state index in [0.717, 1.165) is 36.5 Å². The van der Waals surface area contributed by atoms with Crippen molar-refractivity contribution in [2.24, 2.45) is 0 Å². The Morgan fingerprint density at radius 2 is 2.33 bits per heavy atom. The number of aromatic nitrogens is 4. The summed E-state index contributed by atoms with van der Waals surface area (Å²) in [6.07, 6.45) is 6.16. The van der Waals surface area contributed by atoms with Crippen molar-refractivity contribution in [1.82, 2.24) is 25.3 Å². The lowest BCUT2D eigenvalue weighted by Crippen LogP contribution is -2.30. The SMILES string of the molecule is O=C1NCCCCC1Sc1nc2ncncc2[nH]1. The number of carbonyl (C=O) groups is 1. The molecule has 2 aromatic rings. The quantitative estimate of drug-likeness (QED) is 0.848. The van der Waals surface area contributed by atoms with E-state index in [4.69, 9.17) is 0 Å². The third kappa shape index (κ3) is 2.31. The minimum absolute atomic E-state index is 0.0685. The van der Waals surface area contributed by atoms with Crippen molar-refractivity contribution >= 4 is 28.8 Å². The van der Waals surface area contributed by atoms with Crippen molar-refractivity contribution in [2.45, 2.75) is 29.7 Å². The Balaban J connectivity index is 1.80. The molecule has 0 spiro atoms. The number of carbonyl (C=O) groups excluding carboxylic acids is 1. The van der Waals surface area contributed by atoms with Crippen LogP contribution in [0, 0.1) is 0 Å². The number of fused-ring (bicyclic) bond motifs is 1. The molecule has 1 amide bonds. The first-order valence-corrected chi connectivity index (χ1v) is 6.81. The van der Waals surface area contributed by atoms with Crippen molar-refractivity contribution in [2.75, 3.05) is 6.54 Å². The molecule has 94 valence electrons. The van der Waals surface area contributed by atoms with Crippen LogP contribution in [0.25, 0.3) is 11.2 Å². The number of aromatic amines is 1. The Labute approximate surface area is 108 Å². The van der Waals surface area contributed by atoms with E-state index in [-0.39, 0.29) is 11.2 Å². The van der Waals surface area contributed by atoms with Gasteiger partial charge in [-0.15, -0.1) is 0 Å². The minimum atomic E-state index is -0.0685. The van der Waals surface area contributed by atoms with Crippen LogP contribution in [-0.4, -0.2) is 37.6 Å². The normalized spacial score (nSPS) is 20.7. The molecule has 0 aliphatic carbocycles. The average Bonchev–Trinajstić information content (AvgIpc) is 2.68. The minimum Gasteiger partial charge on any atom is -0.355 e. The van der Waals surface area contributed by atoms with E-state index in [1.807, 2.05) is 0 Å². The van der Waals surface area contributed by atoms with Gasteiger partial charge in [0.15, 0.2) is 10.8 Å². The van der Waals surface area contributed by atoms with Crippen LogP contribution in [0.2, 0.25) is 0 Å². The monoisotopic (exact) mass is 263 g/mol. The van der Waals surface area contributed by atoms with Crippen LogP contribution in [0.3, 0.4) is 0 Å². The van der Waals surface area contributed by atoms with Crippen LogP contribution < -0.4 is 5.32 Å². The lowest BCUT2D eigenvalue weighted by Gasteiger charge is -2.09. The van der Waals surface area contributed by atoms with E-state index in [9.17, 15) is 4.79 Å². The van der Waals surface area contributed by atoms with Gasteiger partial charge in [0.1, 0.15) is 11.8 Å². The molecule has 0 aromatic carbocycles. The summed E-state index contributed by atoms with van der Waals surface area (Å²) in [5.74, 6) is 0.101. The van der Waals surface area contributed by atoms with Gasteiger partial charge in [-0.2, -0.15) is 0 Å². The fraction of sp³-hybridized carbons (Fsp3) is 0.455. The number of thioether (sulfide) groups is 1. The number of H-pyrrole nitrogens is 1. The predicted molar refractivity (Wildman–Crippen MR) is 68.2 cm³/mol. The fourth-order valence-corrected chi connectivity index (χ4v) is 3.01. The zero-order chi connectivity index (χ0) is 12.4. The Hall–Kier alpha value is -1.63. The van der Waals surface area contributed by atoms with Gasteiger partial charge in [-0.25, -0.2) is 15.0 Å². The number of nitrogens with one attached hydrogen (secondary N) is 2. The third-order valence-electron chi connectivity index (χ3n) is 2.88. The molecule has 7 heteroatoms. The average molecular weight is 263 g/mol. The number of rotatable bonds is 2. The van der Waals surface area contributed by atoms with Crippen LogP contribution in [0.4, 0.5) is 0 Å². The maximum atomic E-state index is 11.8. The van der Waals surface area contributed by atoms with Gasteiger partial charge in [-0.05, 0) is 12.8 Å². The lowest BCUT2D eigenvalue weighted by atomic mass is 10.2. The second-order valence-electron chi connectivity index (χ2n) is 4.20. The summed E-state index contributed by atoms with van der Waals surface area (Å²) in [4.78, 5) is 27.3. The molecule has 18 heavy (non-hydrogen) atoms. The van der Waals surface area contributed by atoms with Crippen LogP contribution in [0.15, 0.2) is 17.7 Å². The van der Waals surface area contributed by atoms with Gasteiger partial charge in [0.05, 0.1) is 11.4 Å². The van der Waals surface area contributed by atoms with Gasteiger partial charge in [0, 0.05) is 6.54 Å². The highest BCUT2D eigenvalue weighted by molar-refractivity contribution is 8.00. The number of imidazole rings is 1. The molecular weight excluding hydrogens is 250 g/mol. The second-order valence-corrected chi connectivity index (χ2v) is 5.39. The number of hydrogen-bond donors (Lipinski definition) is 2. The zero-order valence-corrected chi connectivity index (χ0v) is 10.5. The summed E-state index contributed by atoms with van der Waals surface area (Å²) in [6.45, 7) is 0.779. The van der Waals surface area contributed by atoms with Crippen LogP contribution in [0.1, 0.15) is 19.3 Å². The highest BCUT2D eigenvalue weighted by atomic mass is 32.2. The van der Waals surface area contributed by atoms with Gasteiger partial charge in [-0.1, -0.05) is 18.2 Å². The fourth-order valence-electron chi connectivity index (χ4n) is 1.95. The van der Waals surface area contributed by atoms with E-state index in [1.54, 1.807) is 6.20 Å². The lowest BCUT2D eigenvalue weighted by molar-refractivity contribution is -0.120. The molecule has 1 fully saturated rings. The summed E-state index contributed by atoms with van der Waals surface area (Å²) in [7, 11) is 0. The maximum absolute atomic E-state index is 11.8. The molecule has 0 bridgehead atoms. The molecule has 1 aliphatic rings. The summed E-state index contributed by atoms with van der Waals surface area (Å²) in [5, 5.41) is 3.58. The van der Waals surface area contributed by atoms with Gasteiger partial charge < -0.3 is 10.3 Å². The van der Waals surface area contributed by atoms with Gasteiger partial charge in [0.2, 0.25) is 5.91 Å². The van der Waals surface area contributed by atoms with Crippen LogP contribution in [-0.2, 0) is 4.79 Å². The molecule has 0 saturated carbocycles. The Morgan fingerprint density at radius 1 is 1.39 bits per heavy atom. The van der Waals surface area contributed by atoms with E-state index in [2.05, 4.69) is 25.3 Å². The Bertz CT molecular complexity index is 536. The Kier molecular flexibility index (Phi) is 3.14. The van der Waals surface area contributed by atoms with Crippen molar-refractivity contribution < 1.29 is 4.79 Å². The first kappa shape index (κ1) is 11.5. The number of hydrogen-bond acceptors (Lipinski definition) is 5. The van der Waals surface area contributed by atoms with Gasteiger partial charge in [0.25, 0.3) is 0 Å². The van der Waals surface area contributed by atoms with Gasteiger partial charge in [-0.3, -0.25) is 4.79 Å². The molecule has 2 aromatic heterocycles. The molecule has 3 rings (SSSR count). The standard InChI is InChI=1S/C11H13N5OS/c17-10-8(3-1-2-4-13-10)18-11-15-7-5-12-6-14-9(7)16-11/h5-6,8H,1-4H2,(H,13,17)(H,12,14,15,16). The summed E-state index contributed by atoms with van der Waals surface area (Å²) in [5.41, 5.74) is 1.44. The maximum Gasteiger partial charge on any atom is 0.233 e. The van der Waals surface area contributed by atoms with Gasteiger partial charge >= 0.3 is 0 Å². The summed E-state index contributed by atoms with van der Waals surface area (Å²) in [6, 6.07) is 0. The number of amides is 1. The summed E-state index contributed by atoms with van der Waals surface area (Å²) < 4.78 is 0. The first-order valence-electron chi connectivity index (χ1n) is 5.93. The number of nitrogens with zero attached hydrogens (tertiary/aromatic N) is 3. The molecule has 2 N–H and O–H groups in total. The highest BCUT2D eigenvalue weighted by Gasteiger charge is 2.23. The largest absolute Gasteiger partial charge is 0.355 e.